The predicted octanol–water partition coefficient (Wildman–Crippen LogP) is 5.69. The van der Waals surface area contributed by atoms with Crippen molar-refractivity contribution in [1.29, 1.82) is 0 Å². The molecule has 0 unspecified atom stereocenters. The summed E-state index contributed by atoms with van der Waals surface area (Å²) in [6, 6.07) is 19.3. The minimum absolute atomic E-state index is 0.0401. The Morgan fingerprint density at radius 3 is 2.50 bits per heavy atom. The maximum absolute atomic E-state index is 13.4. The largest absolute Gasteiger partial charge is 0.507 e. The van der Waals surface area contributed by atoms with E-state index in [4.69, 9.17) is 13.9 Å². The smallest absolute Gasteiger partial charge is 0.408 e. The second kappa shape index (κ2) is 10.6. The quantitative estimate of drug-likeness (QED) is 0.186. The van der Waals surface area contributed by atoms with Crippen LogP contribution in [0.2, 0.25) is 0 Å². The number of H-pyrrole nitrogens is 1. The molecule has 2 heterocycles. The highest BCUT2D eigenvalue weighted by molar-refractivity contribution is 5.89. The number of rotatable bonds is 6. The van der Waals surface area contributed by atoms with Gasteiger partial charge in [0.05, 0.1) is 0 Å². The van der Waals surface area contributed by atoms with E-state index < -0.39 is 34.9 Å². The number of aromatic hydroxyl groups is 1. The third-order valence-electron chi connectivity index (χ3n) is 6.13. The molecule has 9 heteroatoms. The van der Waals surface area contributed by atoms with Crippen LogP contribution in [0.25, 0.3) is 33.2 Å². The normalized spacial score (nSPS) is 12.3. The average Bonchev–Trinajstić information content (AvgIpc) is 3.30. The Balaban J connectivity index is 1.46. The molecule has 0 aliphatic rings. The van der Waals surface area contributed by atoms with Gasteiger partial charge >= 0.3 is 12.1 Å². The highest BCUT2D eigenvalue weighted by Crippen LogP contribution is 2.31. The zero-order valence-electron chi connectivity index (χ0n) is 22.2. The summed E-state index contributed by atoms with van der Waals surface area (Å²) in [4.78, 5) is 41.9. The van der Waals surface area contributed by atoms with Crippen LogP contribution < -0.4 is 15.5 Å². The summed E-state index contributed by atoms with van der Waals surface area (Å²) < 4.78 is 16.9. The minimum atomic E-state index is -1.13. The molecule has 5 rings (SSSR count). The number of hydrogen-bond acceptors (Lipinski definition) is 7. The van der Waals surface area contributed by atoms with Crippen molar-refractivity contribution in [3.8, 4) is 22.8 Å². The second-order valence-corrected chi connectivity index (χ2v) is 10.3. The van der Waals surface area contributed by atoms with Crippen LogP contribution in [0, 0.1) is 0 Å². The van der Waals surface area contributed by atoms with Crippen LogP contribution in [0.3, 0.4) is 0 Å². The van der Waals surface area contributed by atoms with Gasteiger partial charge in [-0.3, -0.25) is 4.79 Å². The summed E-state index contributed by atoms with van der Waals surface area (Å²) in [6.45, 7) is 5.15. The number of phenolic OH excluding ortho intramolecular Hbond substituents is 1. The number of nitrogens with one attached hydrogen (secondary N) is 2. The number of benzene rings is 3. The van der Waals surface area contributed by atoms with E-state index in [1.165, 1.54) is 12.1 Å². The van der Waals surface area contributed by atoms with Gasteiger partial charge in [0.25, 0.3) is 0 Å². The third kappa shape index (κ3) is 5.83. The number of para-hydroxylation sites is 1. The van der Waals surface area contributed by atoms with E-state index in [9.17, 15) is 19.5 Å². The number of fused-ring (bicyclic) bond motifs is 2. The van der Waals surface area contributed by atoms with Crippen molar-refractivity contribution in [3.63, 3.8) is 0 Å². The standard InChI is InChI=1S/C31H28N2O7/c1-31(2,3)40-30(37)33-23(13-19-17-32-22-12-8-7-11-21(19)22)29(36)38-20-14-24(34)28-25(35)16-26(39-27(28)15-20)18-9-5-4-6-10-18/h4-12,14-17,23,32,34H,13H2,1-3H3,(H,33,37)/t23-/m0/s1. The first-order valence-corrected chi connectivity index (χ1v) is 12.7. The van der Waals surface area contributed by atoms with Crippen molar-refractivity contribution in [2.75, 3.05) is 0 Å². The molecule has 2 aromatic heterocycles. The molecule has 0 fully saturated rings. The van der Waals surface area contributed by atoms with Crippen LogP contribution >= 0.6 is 0 Å². The zero-order valence-corrected chi connectivity index (χ0v) is 22.2. The summed E-state index contributed by atoms with van der Waals surface area (Å²) >= 11 is 0. The molecule has 9 nitrogen and oxygen atoms in total. The summed E-state index contributed by atoms with van der Waals surface area (Å²) in [5.41, 5.74) is 1.15. The lowest BCUT2D eigenvalue weighted by molar-refractivity contribution is -0.136. The fourth-order valence-electron chi connectivity index (χ4n) is 4.40. The highest BCUT2D eigenvalue weighted by atomic mass is 16.6. The summed E-state index contributed by atoms with van der Waals surface area (Å²) in [6.07, 6.45) is 1.09. The molecule has 1 atom stereocenters. The number of amides is 1. The maximum atomic E-state index is 13.4. The predicted molar refractivity (Wildman–Crippen MR) is 150 cm³/mol. The van der Waals surface area contributed by atoms with Crippen LogP contribution in [0.1, 0.15) is 26.3 Å². The molecule has 1 amide bonds. The molecule has 3 N–H and O–H groups in total. The van der Waals surface area contributed by atoms with Crippen molar-refractivity contribution in [1.82, 2.24) is 10.3 Å². The first-order valence-electron chi connectivity index (χ1n) is 12.7. The van der Waals surface area contributed by atoms with Gasteiger partial charge in [-0.25, -0.2) is 9.59 Å². The molecule has 40 heavy (non-hydrogen) atoms. The van der Waals surface area contributed by atoms with Crippen molar-refractivity contribution < 1.29 is 28.6 Å². The average molecular weight is 541 g/mol. The highest BCUT2D eigenvalue weighted by Gasteiger charge is 2.28. The Morgan fingerprint density at radius 2 is 1.75 bits per heavy atom. The van der Waals surface area contributed by atoms with E-state index in [2.05, 4.69) is 10.3 Å². The number of carbonyl (C=O) groups excluding carboxylic acids is 2. The Kier molecular flexibility index (Phi) is 7.04. The lowest BCUT2D eigenvalue weighted by Crippen LogP contribution is -2.46. The number of esters is 1. The van der Waals surface area contributed by atoms with E-state index in [0.717, 1.165) is 22.5 Å². The van der Waals surface area contributed by atoms with Crippen molar-refractivity contribution in [2.24, 2.45) is 0 Å². The van der Waals surface area contributed by atoms with Crippen LogP contribution in [-0.2, 0) is 16.0 Å². The molecule has 3 aromatic carbocycles. The maximum Gasteiger partial charge on any atom is 0.408 e. The van der Waals surface area contributed by atoms with Gasteiger partial charge < -0.3 is 29.3 Å². The van der Waals surface area contributed by atoms with E-state index >= 15 is 0 Å². The summed E-state index contributed by atoms with van der Waals surface area (Å²) in [5.74, 6) is -0.957. The number of carbonyl (C=O) groups is 2. The molecule has 0 saturated heterocycles. The van der Waals surface area contributed by atoms with Gasteiger partial charge in [-0.1, -0.05) is 48.5 Å². The third-order valence-corrected chi connectivity index (χ3v) is 6.13. The van der Waals surface area contributed by atoms with Crippen molar-refractivity contribution in [2.45, 2.75) is 38.8 Å². The second-order valence-electron chi connectivity index (χ2n) is 10.3. The van der Waals surface area contributed by atoms with E-state index in [1.54, 1.807) is 51.2 Å². The SMILES string of the molecule is CC(C)(C)OC(=O)N[C@@H](Cc1c[nH]c2ccccc12)C(=O)Oc1cc(O)c2c(=O)cc(-c3ccccc3)oc2c1. The van der Waals surface area contributed by atoms with Crippen molar-refractivity contribution >= 4 is 33.9 Å². The Labute approximate surface area is 229 Å². The monoisotopic (exact) mass is 540 g/mol. The van der Waals surface area contributed by atoms with Crippen LogP contribution in [0.15, 0.2) is 88.2 Å². The number of alkyl carbamates (subject to hydrolysis) is 1. The molecular weight excluding hydrogens is 512 g/mol. The molecule has 0 radical (unpaired) electrons. The van der Waals surface area contributed by atoms with Crippen LogP contribution in [0.4, 0.5) is 4.79 Å². The van der Waals surface area contributed by atoms with E-state index in [-0.39, 0.29) is 23.1 Å². The number of aromatic amines is 1. The molecular formula is C31H28N2O7. The van der Waals surface area contributed by atoms with Gasteiger partial charge in [0.2, 0.25) is 0 Å². The molecule has 5 aromatic rings. The Morgan fingerprint density at radius 1 is 1.02 bits per heavy atom. The molecule has 0 saturated carbocycles. The number of aromatic nitrogens is 1. The van der Waals surface area contributed by atoms with Gasteiger partial charge in [0, 0.05) is 47.3 Å². The number of hydrogen-bond donors (Lipinski definition) is 3. The number of phenols is 1. The first kappa shape index (κ1) is 26.6. The zero-order chi connectivity index (χ0) is 28.4. The topological polar surface area (TPSA) is 131 Å². The van der Waals surface area contributed by atoms with Gasteiger partial charge in [-0.05, 0) is 32.4 Å². The van der Waals surface area contributed by atoms with Crippen molar-refractivity contribution in [3.05, 3.63) is 94.8 Å². The molecule has 0 spiro atoms. The van der Waals surface area contributed by atoms with Gasteiger partial charge in [0.1, 0.15) is 39.9 Å². The van der Waals surface area contributed by atoms with Gasteiger partial charge in [-0.2, -0.15) is 0 Å². The fraction of sp³-hybridized carbons (Fsp3) is 0.194. The van der Waals surface area contributed by atoms with Crippen LogP contribution in [0.5, 0.6) is 11.5 Å². The van der Waals surface area contributed by atoms with E-state index in [1.807, 2.05) is 30.3 Å². The minimum Gasteiger partial charge on any atom is -0.507 e. The fourth-order valence-corrected chi connectivity index (χ4v) is 4.40. The first-order chi connectivity index (χ1) is 19.1. The van der Waals surface area contributed by atoms with Gasteiger partial charge in [-0.15, -0.1) is 0 Å². The molecule has 0 aliphatic carbocycles. The molecule has 204 valence electrons. The number of ether oxygens (including phenoxy) is 2. The summed E-state index contributed by atoms with van der Waals surface area (Å²) in [5, 5.41) is 14.1. The van der Waals surface area contributed by atoms with E-state index in [0.29, 0.717) is 11.3 Å². The van der Waals surface area contributed by atoms with Crippen LogP contribution in [-0.4, -0.2) is 33.8 Å². The lowest BCUT2D eigenvalue weighted by atomic mass is 10.1. The Bertz CT molecular complexity index is 1760. The lowest BCUT2D eigenvalue weighted by Gasteiger charge is -2.23. The Hall–Kier alpha value is -5.05. The summed E-state index contributed by atoms with van der Waals surface area (Å²) in [7, 11) is 0. The molecule has 0 aliphatic heterocycles. The van der Waals surface area contributed by atoms with Gasteiger partial charge in [0.15, 0.2) is 5.43 Å². The molecule has 0 bridgehead atoms.